The van der Waals surface area contributed by atoms with E-state index in [2.05, 4.69) is 0 Å². The summed E-state index contributed by atoms with van der Waals surface area (Å²) in [5.41, 5.74) is 0.500. The largest absolute Gasteiger partial charge is 0.493 e. The number of benzene rings is 2. The van der Waals surface area contributed by atoms with Gasteiger partial charge in [0.1, 0.15) is 10.6 Å². The Morgan fingerprint density at radius 1 is 1.15 bits per heavy atom. The van der Waals surface area contributed by atoms with Crippen molar-refractivity contribution >= 4 is 41.6 Å². The van der Waals surface area contributed by atoms with Crippen molar-refractivity contribution in [1.82, 2.24) is 3.97 Å². The first kappa shape index (κ1) is 17.6. The maximum absolute atomic E-state index is 13.0. The molecule has 26 heavy (non-hydrogen) atoms. The Hall–Kier alpha value is -1.83. The third-order valence-corrected chi connectivity index (χ3v) is 6.96. The van der Waals surface area contributed by atoms with Gasteiger partial charge >= 0.3 is 0 Å². The Morgan fingerprint density at radius 2 is 1.88 bits per heavy atom. The van der Waals surface area contributed by atoms with Gasteiger partial charge in [0.05, 0.1) is 17.0 Å². The van der Waals surface area contributed by atoms with Gasteiger partial charge in [0.2, 0.25) is 0 Å². The van der Waals surface area contributed by atoms with Crippen molar-refractivity contribution in [2.45, 2.75) is 22.6 Å². The summed E-state index contributed by atoms with van der Waals surface area (Å²) in [7, 11) is -0.00168. The van der Waals surface area contributed by atoms with Crippen LogP contribution in [0.1, 0.15) is 12.8 Å². The second-order valence-electron chi connectivity index (χ2n) is 6.25. The van der Waals surface area contributed by atoms with E-state index in [1.807, 2.05) is 6.07 Å². The molecule has 0 saturated heterocycles. The summed E-state index contributed by atoms with van der Waals surface area (Å²) in [4.78, 5) is 0.499. The highest BCUT2D eigenvalue weighted by Gasteiger charge is 2.24. The van der Waals surface area contributed by atoms with E-state index in [1.54, 1.807) is 42.5 Å². The maximum Gasteiger partial charge on any atom is 0.263 e. The molecule has 0 spiro atoms. The molecule has 0 aliphatic heterocycles. The predicted molar refractivity (Wildman–Crippen MR) is 101 cm³/mol. The van der Waals surface area contributed by atoms with Crippen LogP contribution in [0.15, 0.2) is 64.5 Å². The Kier molecular flexibility index (Phi) is 4.54. The van der Waals surface area contributed by atoms with E-state index in [4.69, 9.17) is 15.4 Å². The Morgan fingerprint density at radius 3 is 2.54 bits per heavy atom. The van der Waals surface area contributed by atoms with Crippen LogP contribution in [0, 0.1) is 5.92 Å². The highest BCUT2D eigenvalue weighted by atomic mass is 35.7. The SMILES string of the molecule is O=S(c1ccccc1)n1cc(S(=O)(=O)Cl)c2ccc(OCC3CC3)cc21. The molecule has 0 N–H and O–H groups in total. The molecule has 5 nitrogen and oxygen atoms in total. The standard InChI is InChI=1S/C18H16ClNO4S2/c19-26(22,23)18-11-20(25(21)15-4-2-1-3-5-15)17-10-14(8-9-16(17)18)24-12-13-6-7-13/h1-5,8-11,13H,6-7,12H2. The number of hydrogen-bond donors (Lipinski definition) is 0. The van der Waals surface area contributed by atoms with Gasteiger partial charge in [-0.3, -0.25) is 3.97 Å². The van der Waals surface area contributed by atoms with E-state index < -0.39 is 20.0 Å². The molecule has 3 aromatic rings. The van der Waals surface area contributed by atoms with Crippen molar-refractivity contribution in [3.63, 3.8) is 0 Å². The van der Waals surface area contributed by atoms with Gasteiger partial charge in [-0.05, 0) is 43.0 Å². The Bertz CT molecular complexity index is 1090. The van der Waals surface area contributed by atoms with Crippen LogP contribution in [0.3, 0.4) is 0 Å². The summed E-state index contributed by atoms with van der Waals surface area (Å²) in [5.74, 6) is 1.21. The van der Waals surface area contributed by atoms with E-state index in [9.17, 15) is 12.6 Å². The molecule has 136 valence electrons. The number of halogens is 1. The van der Waals surface area contributed by atoms with Gasteiger partial charge in [-0.2, -0.15) is 0 Å². The third kappa shape index (κ3) is 3.51. The van der Waals surface area contributed by atoms with E-state index in [0.717, 1.165) is 0 Å². The van der Waals surface area contributed by atoms with Gasteiger partial charge in [0.15, 0.2) is 11.0 Å². The molecule has 1 fully saturated rings. The molecule has 2 aromatic carbocycles. The van der Waals surface area contributed by atoms with Gasteiger partial charge in [-0.25, -0.2) is 12.6 Å². The molecule has 1 aromatic heterocycles. The molecule has 1 saturated carbocycles. The number of ether oxygens (including phenoxy) is 1. The van der Waals surface area contributed by atoms with Crippen LogP contribution in [0.5, 0.6) is 5.75 Å². The molecule has 4 rings (SSSR count). The summed E-state index contributed by atoms with van der Waals surface area (Å²) in [6.45, 7) is 0.634. The summed E-state index contributed by atoms with van der Waals surface area (Å²) >= 11 is 0. The number of hydrogen-bond acceptors (Lipinski definition) is 4. The van der Waals surface area contributed by atoms with Crippen molar-refractivity contribution in [2.75, 3.05) is 6.61 Å². The fourth-order valence-electron chi connectivity index (χ4n) is 2.72. The fraction of sp³-hybridized carbons (Fsp3) is 0.222. The first-order valence-electron chi connectivity index (χ1n) is 8.13. The second kappa shape index (κ2) is 6.72. The maximum atomic E-state index is 13.0. The summed E-state index contributed by atoms with van der Waals surface area (Å²) in [5, 5.41) is 0.419. The van der Waals surface area contributed by atoms with Crippen LogP contribution in [0.25, 0.3) is 10.9 Å². The quantitative estimate of drug-likeness (QED) is 0.578. The number of fused-ring (bicyclic) bond motifs is 1. The lowest BCUT2D eigenvalue weighted by Crippen LogP contribution is -2.04. The number of nitrogens with zero attached hydrogens (tertiary/aromatic N) is 1. The van der Waals surface area contributed by atoms with Crippen LogP contribution < -0.4 is 4.74 Å². The minimum absolute atomic E-state index is 0.0628. The lowest BCUT2D eigenvalue weighted by atomic mass is 10.2. The molecule has 0 amide bonds. The third-order valence-electron chi connectivity index (χ3n) is 4.28. The van der Waals surface area contributed by atoms with Crippen molar-refractivity contribution in [1.29, 1.82) is 0 Å². The zero-order chi connectivity index (χ0) is 18.3. The van der Waals surface area contributed by atoms with Crippen LogP contribution in [0.4, 0.5) is 0 Å². The average molecular weight is 410 g/mol. The van der Waals surface area contributed by atoms with Crippen molar-refractivity contribution in [2.24, 2.45) is 5.92 Å². The van der Waals surface area contributed by atoms with Crippen molar-refractivity contribution in [3.05, 3.63) is 54.7 Å². The summed E-state index contributed by atoms with van der Waals surface area (Å²) in [6, 6.07) is 13.9. The molecule has 1 aliphatic carbocycles. The molecule has 1 unspecified atom stereocenters. The molecule has 1 atom stereocenters. The van der Waals surface area contributed by atoms with Crippen LogP contribution in [-0.2, 0) is 20.0 Å². The summed E-state index contributed by atoms with van der Waals surface area (Å²) < 4.78 is 44.1. The minimum atomic E-state index is -3.98. The first-order chi connectivity index (χ1) is 12.4. The molecule has 0 radical (unpaired) electrons. The minimum Gasteiger partial charge on any atom is -0.493 e. The molecule has 1 aliphatic rings. The average Bonchev–Trinajstić information content (AvgIpc) is 3.37. The van der Waals surface area contributed by atoms with Crippen LogP contribution in [-0.4, -0.2) is 23.2 Å². The highest BCUT2D eigenvalue weighted by Crippen LogP contribution is 2.34. The van der Waals surface area contributed by atoms with Gasteiger partial charge in [0, 0.05) is 28.3 Å². The van der Waals surface area contributed by atoms with E-state index in [-0.39, 0.29) is 4.90 Å². The molecule has 0 bridgehead atoms. The smallest absolute Gasteiger partial charge is 0.263 e. The van der Waals surface area contributed by atoms with E-state index in [0.29, 0.717) is 34.1 Å². The second-order valence-corrected chi connectivity index (χ2v) is 10.2. The van der Waals surface area contributed by atoms with E-state index in [1.165, 1.54) is 23.0 Å². The topological polar surface area (TPSA) is 65.4 Å². The van der Waals surface area contributed by atoms with Crippen LogP contribution in [0.2, 0.25) is 0 Å². The molecule has 1 heterocycles. The van der Waals surface area contributed by atoms with Gasteiger partial charge in [0.25, 0.3) is 9.05 Å². The normalized spacial score (nSPS) is 15.9. The number of rotatable bonds is 6. The van der Waals surface area contributed by atoms with E-state index >= 15 is 0 Å². The highest BCUT2D eigenvalue weighted by molar-refractivity contribution is 8.14. The Labute approximate surface area is 158 Å². The first-order valence-corrected chi connectivity index (χ1v) is 11.5. The fourth-order valence-corrected chi connectivity index (χ4v) is 4.97. The van der Waals surface area contributed by atoms with Crippen molar-refractivity contribution in [3.8, 4) is 5.75 Å². The lowest BCUT2D eigenvalue weighted by Gasteiger charge is -2.08. The summed E-state index contributed by atoms with van der Waals surface area (Å²) in [6.07, 6.45) is 3.66. The van der Waals surface area contributed by atoms with Crippen molar-refractivity contribution < 1.29 is 17.4 Å². The monoisotopic (exact) mass is 409 g/mol. The van der Waals surface area contributed by atoms with Crippen LogP contribution >= 0.6 is 10.7 Å². The Balaban J connectivity index is 1.83. The van der Waals surface area contributed by atoms with Gasteiger partial charge < -0.3 is 4.74 Å². The zero-order valence-electron chi connectivity index (χ0n) is 13.7. The molecule has 8 heteroatoms. The van der Waals surface area contributed by atoms with Gasteiger partial charge in [-0.15, -0.1) is 0 Å². The molecular weight excluding hydrogens is 394 g/mol. The zero-order valence-corrected chi connectivity index (χ0v) is 16.1. The lowest BCUT2D eigenvalue weighted by molar-refractivity contribution is 0.300. The molecular formula is C18H16ClNO4S2. The van der Waals surface area contributed by atoms with Gasteiger partial charge in [-0.1, -0.05) is 18.2 Å². The predicted octanol–water partition coefficient (Wildman–Crippen LogP) is 3.93. The number of aromatic nitrogens is 1.